The molecule has 0 amide bonds. The monoisotopic (exact) mass is 327 g/mol. The van der Waals surface area contributed by atoms with Gasteiger partial charge in [-0.15, -0.1) is 0 Å². The third-order valence-electron chi connectivity index (χ3n) is 4.35. The summed E-state index contributed by atoms with van der Waals surface area (Å²) in [4.78, 5) is 21.2. The van der Waals surface area contributed by atoms with E-state index in [1.807, 2.05) is 13.0 Å². The smallest absolute Gasteiger partial charge is 0.251 e. The van der Waals surface area contributed by atoms with Crippen LogP contribution in [0.25, 0.3) is 6.08 Å². The Labute approximate surface area is 141 Å². The minimum absolute atomic E-state index is 0.0779. The molecule has 1 saturated heterocycles. The second-order valence-electron chi connectivity index (χ2n) is 6.31. The number of H-pyrrole nitrogens is 1. The van der Waals surface area contributed by atoms with Crippen LogP contribution in [0.4, 0.5) is 4.39 Å². The van der Waals surface area contributed by atoms with Crippen LogP contribution in [-0.4, -0.2) is 34.5 Å². The molecule has 1 N–H and O–H groups in total. The first-order chi connectivity index (χ1) is 11.6. The van der Waals surface area contributed by atoms with Crippen LogP contribution >= 0.6 is 0 Å². The van der Waals surface area contributed by atoms with Gasteiger partial charge in [0, 0.05) is 25.1 Å². The summed E-state index contributed by atoms with van der Waals surface area (Å²) in [6.07, 6.45) is 6.28. The Kier molecular flexibility index (Phi) is 5.20. The van der Waals surface area contributed by atoms with Gasteiger partial charge in [-0.2, -0.15) is 0 Å². The lowest BCUT2D eigenvalue weighted by atomic mass is 9.94. The summed E-state index contributed by atoms with van der Waals surface area (Å²) in [6.45, 7) is 4.61. The number of piperidine rings is 1. The number of rotatable bonds is 4. The molecule has 5 heteroatoms. The van der Waals surface area contributed by atoms with E-state index in [4.69, 9.17) is 0 Å². The van der Waals surface area contributed by atoms with E-state index in [9.17, 15) is 9.18 Å². The SMILES string of the molecule is Cc1nc(C2CCCN(CC=Cc3ccc(F)cc3)C2)cc(=O)[nH]1. The third-order valence-corrected chi connectivity index (χ3v) is 4.35. The van der Waals surface area contributed by atoms with Gasteiger partial charge in [0.25, 0.3) is 5.56 Å². The van der Waals surface area contributed by atoms with Crippen LogP contribution in [0, 0.1) is 12.7 Å². The molecule has 2 aromatic rings. The molecule has 0 aliphatic carbocycles. The maximum atomic E-state index is 12.9. The predicted molar refractivity (Wildman–Crippen MR) is 93.4 cm³/mol. The van der Waals surface area contributed by atoms with E-state index in [0.717, 1.165) is 43.7 Å². The lowest BCUT2D eigenvalue weighted by Crippen LogP contribution is -2.35. The van der Waals surface area contributed by atoms with Gasteiger partial charge in [-0.3, -0.25) is 9.69 Å². The van der Waals surface area contributed by atoms with Gasteiger partial charge in [0.05, 0.1) is 5.69 Å². The van der Waals surface area contributed by atoms with E-state index in [1.165, 1.54) is 12.1 Å². The Balaban J connectivity index is 1.61. The fraction of sp³-hybridized carbons (Fsp3) is 0.368. The first-order valence-electron chi connectivity index (χ1n) is 8.32. The van der Waals surface area contributed by atoms with Gasteiger partial charge in [-0.05, 0) is 44.0 Å². The van der Waals surface area contributed by atoms with Crippen LogP contribution in [0.1, 0.15) is 35.8 Å². The lowest BCUT2D eigenvalue weighted by molar-refractivity contribution is 0.226. The van der Waals surface area contributed by atoms with E-state index in [-0.39, 0.29) is 11.4 Å². The van der Waals surface area contributed by atoms with Crippen molar-refractivity contribution >= 4 is 6.08 Å². The average molecular weight is 327 g/mol. The van der Waals surface area contributed by atoms with Gasteiger partial charge >= 0.3 is 0 Å². The van der Waals surface area contributed by atoms with Gasteiger partial charge < -0.3 is 4.98 Å². The Bertz CT molecular complexity index is 767. The van der Waals surface area contributed by atoms with E-state index < -0.39 is 0 Å². The third kappa shape index (κ3) is 4.38. The van der Waals surface area contributed by atoms with Gasteiger partial charge in [0.15, 0.2) is 0 Å². The Morgan fingerprint density at radius 3 is 2.92 bits per heavy atom. The minimum Gasteiger partial charge on any atom is -0.311 e. The molecular weight excluding hydrogens is 305 g/mol. The van der Waals surface area contributed by atoms with Crippen molar-refractivity contribution in [1.29, 1.82) is 0 Å². The van der Waals surface area contributed by atoms with Crippen molar-refractivity contribution in [2.75, 3.05) is 19.6 Å². The van der Waals surface area contributed by atoms with Crippen molar-refractivity contribution < 1.29 is 4.39 Å². The van der Waals surface area contributed by atoms with Gasteiger partial charge in [-0.1, -0.05) is 24.3 Å². The number of likely N-dealkylation sites (tertiary alicyclic amines) is 1. The van der Waals surface area contributed by atoms with Gasteiger partial charge in [0.2, 0.25) is 0 Å². The van der Waals surface area contributed by atoms with Crippen LogP contribution in [0.5, 0.6) is 0 Å². The molecule has 1 fully saturated rings. The average Bonchev–Trinajstić information content (AvgIpc) is 2.56. The molecule has 0 spiro atoms. The molecule has 0 bridgehead atoms. The Morgan fingerprint density at radius 2 is 2.17 bits per heavy atom. The molecule has 1 atom stereocenters. The summed E-state index contributed by atoms with van der Waals surface area (Å²) in [5.74, 6) is 0.761. The fourth-order valence-corrected chi connectivity index (χ4v) is 3.19. The summed E-state index contributed by atoms with van der Waals surface area (Å²) in [5.41, 5.74) is 1.81. The Morgan fingerprint density at radius 1 is 1.38 bits per heavy atom. The highest BCUT2D eigenvalue weighted by Gasteiger charge is 2.22. The molecule has 1 aromatic carbocycles. The lowest BCUT2D eigenvalue weighted by Gasteiger charge is -2.31. The zero-order valence-electron chi connectivity index (χ0n) is 13.8. The number of aryl methyl sites for hydroxylation is 1. The van der Waals surface area contributed by atoms with Crippen LogP contribution in [0.3, 0.4) is 0 Å². The molecular formula is C19H22FN3O. The van der Waals surface area contributed by atoms with Crippen molar-refractivity contribution in [1.82, 2.24) is 14.9 Å². The number of halogens is 1. The maximum Gasteiger partial charge on any atom is 0.251 e. The van der Waals surface area contributed by atoms with E-state index >= 15 is 0 Å². The van der Waals surface area contributed by atoms with Crippen LogP contribution in [0.2, 0.25) is 0 Å². The summed E-state index contributed by atoms with van der Waals surface area (Å²) in [5, 5.41) is 0. The molecule has 3 rings (SSSR count). The fourth-order valence-electron chi connectivity index (χ4n) is 3.19. The number of hydrogen-bond donors (Lipinski definition) is 1. The van der Waals surface area contributed by atoms with E-state index in [0.29, 0.717) is 11.7 Å². The topological polar surface area (TPSA) is 49.0 Å². The number of aromatic nitrogens is 2. The van der Waals surface area contributed by atoms with Crippen molar-refractivity contribution in [3.63, 3.8) is 0 Å². The van der Waals surface area contributed by atoms with E-state index in [2.05, 4.69) is 20.9 Å². The molecule has 126 valence electrons. The summed E-state index contributed by atoms with van der Waals surface area (Å²) >= 11 is 0. The number of aromatic amines is 1. The minimum atomic E-state index is -0.216. The number of hydrogen-bond acceptors (Lipinski definition) is 3. The molecule has 2 heterocycles. The molecule has 1 aliphatic rings. The number of nitrogens with zero attached hydrogens (tertiary/aromatic N) is 2. The number of benzene rings is 1. The second kappa shape index (κ2) is 7.53. The standard InChI is InChI=1S/C19H22FN3O/c1-14-21-18(12-19(24)22-14)16-5-3-11-23(13-16)10-2-4-15-6-8-17(20)9-7-15/h2,4,6-9,12,16H,3,5,10-11,13H2,1H3,(H,21,22,24). The Hall–Kier alpha value is -2.27. The first kappa shape index (κ1) is 16.6. The van der Waals surface area contributed by atoms with Crippen molar-refractivity contribution in [2.45, 2.75) is 25.7 Å². The molecule has 0 saturated carbocycles. The maximum absolute atomic E-state index is 12.9. The molecule has 4 nitrogen and oxygen atoms in total. The summed E-state index contributed by atoms with van der Waals surface area (Å²) < 4.78 is 12.9. The zero-order chi connectivity index (χ0) is 16.9. The van der Waals surface area contributed by atoms with Crippen molar-refractivity contribution in [3.8, 4) is 0 Å². The summed E-state index contributed by atoms with van der Waals surface area (Å²) in [6, 6.07) is 8.10. The van der Waals surface area contributed by atoms with Gasteiger partial charge in [-0.25, -0.2) is 9.37 Å². The molecule has 0 radical (unpaired) electrons. The number of nitrogens with one attached hydrogen (secondary N) is 1. The predicted octanol–water partition coefficient (Wildman–Crippen LogP) is 3.11. The zero-order valence-corrected chi connectivity index (χ0v) is 13.8. The van der Waals surface area contributed by atoms with Crippen molar-refractivity contribution in [2.24, 2.45) is 0 Å². The van der Waals surface area contributed by atoms with E-state index in [1.54, 1.807) is 18.2 Å². The largest absolute Gasteiger partial charge is 0.311 e. The van der Waals surface area contributed by atoms with Crippen LogP contribution in [0.15, 0.2) is 41.2 Å². The highest BCUT2D eigenvalue weighted by Crippen LogP contribution is 2.24. The molecule has 1 aliphatic heterocycles. The quantitative estimate of drug-likeness (QED) is 0.939. The second-order valence-corrected chi connectivity index (χ2v) is 6.31. The van der Waals surface area contributed by atoms with Crippen molar-refractivity contribution in [3.05, 3.63) is 69.7 Å². The first-order valence-corrected chi connectivity index (χ1v) is 8.32. The van der Waals surface area contributed by atoms with Gasteiger partial charge in [0.1, 0.15) is 11.6 Å². The van der Waals surface area contributed by atoms with Crippen LogP contribution in [-0.2, 0) is 0 Å². The summed E-state index contributed by atoms with van der Waals surface area (Å²) in [7, 11) is 0. The highest BCUT2D eigenvalue weighted by molar-refractivity contribution is 5.48. The molecule has 1 unspecified atom stereocenters. The van der Waals surface area contributed by atoms with Crippen LogP contribution < -0.4 is 5.56 Å². The molecule has 1 aromatic heterocycles. The molecule has 24 heavy (non-hydrogen) atoms. The highest BCUT2D eigenvalue weighted by atomic mass is 19.1. The normalized spacial score (nSPS) is 19.0.